The van der Waals surface area contributed by atoms with Gasteiger partial charge in [-0.3, -0.25) is 4.79 Å². The van der Waals surface area contributed by atoms with E-state index in [0.29, 0.717) is 11.3 Å². The lowest BCUT2D eigenvalue weighted by atomic mass is 10.2. The third-order valence-electron chi connectivity index (χ3n) is 3.40. The van der Waals surface area contributed by atoms with Gasteiger partial charge in [0.15, 0.2) is 5.76 Å². The number of hydrogen-bond donors (Lipinski definition) is 1. The molecule has 126 valence electrons. The fourth-order valence-corrected chi connectivity index (χ4v) is 2.30. The number of nitriles is 1. The second kappa shape index (κ2) is 6.67. The molecule has 0 radical (unpaired) electrons. The molecule has 2 aromatic heterocycles. The molecule has 0 saturated heterocycles. The number of rotatable bonds is 4. The molecule has 1 N–H and O–H groups in total. The number of halogens is 1. The van der Waals surface area contributed by atoms with Crippen molar-refractivity contribution in [2.24, 2.45) is 0 Å². The fourth-order valence-electron chi connectivity index (χ4n) is 2.07. The minimum absolute atomic E-state index is 0.0175. The van der Waals surface area contributed by atoms with Crippen molar-refractivity contribution in [1.82, 2.24) is 9.78 Å². The largest absolute Gasteiger partial charge is 0.459 e. The number of amides is 1. The molecule has 0 unspecified atom stereocenters. The monoisotopic (exact) mass is 358 g/mol. The summed E-state index contributed by atoms with van der Waals surface area (Å²) in [6.07, 6.45) is 1.42. The first kappa shape index (κ1) is 16.5. The predicted octanol–water partition coefficient (Wildman–Crippen LogP) is 2.82. The number of carbonyl (C=O) groups excluding carboxylic acids is 1. The Balaban J connectivity index is 1.80. The van der Waals surface area contributed by atoms with E-state index >= 15 is 0 Å². The van der Waals surface area contributed by atoms with E-state index in [9.17, 15) is 9.59 Å². The van der Waals surface area contributed by atoms with Gasteiger partial charge in [-0.25, -0.2) is 4.79 Å². The summed E-state index contributed by atoms with van der Waals surface area (Å²) in [5.74, 6) is -1.02. The summed E-state index contributed by atoms with van der Waals surface area (Å²) in [6.45, 7) is 1.50. The first-order valence-electron chi connectivity index (χ1n) is 7.13. The topological polar surface area (TPSA) is 114 Å². The fraction of sp³-hybridized carbons (Fsp3) is 0.125. The van der Waals surface area contributed by atoms with Crippen LogP contribution in [-0.2, 0) is 4.79 Å². The number of hydrogen-bond acceptors (Lipinski definition) is 6. The molecule has 1 aromatic carbocycles. The van der Waals surface area contributed by atoms with E-state index < -0.39 is 17.7 Å². The molecular formula is C16H11ClN4O4. The van der Waals surface area contributed by atoms with Gasteiger partial charge in [-0.2, -0.15) is 9.94 Å². The van der Waals surface area contributed by atoms with Crippen LogP contribution >= 0.6 is 11.6 Å². The quantitative estimate of drug-likeness (QED) is 0.767. The summed E-state index contributed by atoms with van der Waals surface area (Å²) in [5, 5.41) is 15.6. The van der Waals surface area contributed by atoms with Crippen molar-refractivity contribution in [1.29, 1.82) is 5.26 Å². The van der Waals surface area contributed by atoms with Crippen LogP contribution in [0.4, 0.5) is 5.69 Å². The minimum atomic E-state index is -0.936. The van der Waals surface area contributed by atoms with Crippen molar-refractivity contribution in [2.75, 3.05) is 5.32 Å². The lowest BCUT2D eigenvalue weighted by Gasteiger charge is -2.11. The number of furan rings is 1. The normalized spacial score (nSPS) is 11.7. The number of aromatic nitrogens is 2. The van der Waals surface area contributed by atoms with Crippen LogP contribution in [0.2, 0.25) is 5.02 Å². The average Bonchev–Trinajstić information content (AvgIpc) is 3.23. The number of anilines is 1. The van der Waals surface area contributed by atoms with Gasteiger partial charge in [0.05, 0.1) is 16.8 Å². The van der Waals surface area contributed by atoms with E-state index in [1.165, 1.54) is 31.4 Å². The lowest BCUT2D eigenvalue weighted by molar-refractivity contribution is -0.119. The molecule has 0 spiro atoms. The van der Waals surface area contributed by atoms with Crippen LogP contribution in [0.25, 0.3) is 11.7 Å². The third kappa shape index (κ3) is 3.32. The third-order valence-corrected chi connectivity index (χ3v) is 3.72. The SMILES string of the molecule is C[C@@H](C(=O)Nc1ccc(C#N)c(Cl)c1)n1nc(-c2ccco2)oc1=O. The molecule has 3 rings (SSSR count). The summed E-state index contributed by atoms with van der Waals surface area (Å²) in [7, 11) is 0. The van der Waals surface area contributed by atoms with Gasteiger partial charge in [0.25, 0.3) is 5.89 Å². The van der Waals surface area contributed by atoms with Crippen LogP contribution in [0.15, 0.2) is 50.2 Å². The van der Waals surface area contributed by atoms with Gasteiger partial charge in [-0.15, -0.1) is 5.10 Å². The van der Waals surface area contributed by atoms with Gasteiger partial charge >= 0.3 is 5.76 Å². The number of nitrogens with one attached hydrogen (secondary N) is 1. The molecule has 0 aliphatic heterocycles. The summed E-state index contributed by atoms with van der Waals surface area (Å²) in [6, 6.07) is 8.67. The Bertz CT molecular complexity index is 1010. The second-order valence-corrected chi connectivity index (χ2v) is 5.47. The molecule has 25 heavy (non-hydrogen) atoms. The van der Waals surface area contributed by atoms with E-state index in [4.69, 9.17) is 25.7 Å². The van der Waals surface area contributed by atoms with E-state index in [1.54, 1.807) is 12.1 Å². The molecule has 0 bridgehead atoms. The molecular weight excluding hydrogens is 348 g/mol. The van der Waals surface area contributed by atoms with Gasteiger partial charge in [-0.1, -0.05) is 11.6 Å². The predicted molar refractivity (Wildman–Crippen MR) is 88.0 cm³/mol. The lowest BCUT2D eigenvalue weighted by Crippen LogP contribution is -2.30. The Morgan fingerprint density at radius 2 is 2.24 bits per heavy atom. The van der Waals surface area contributed by atoms with E-state index in [2.05, 4.69) is 10.4 Å². The molecule has 0 aliphatic carbocycles. The highest BCUT2D eigenvalue weighted by atomic mass is 35.5. The molecule has 3 aromatic rings. The van der Waals surface area contributed by atoms with Crippen LogP contribution in [0.5, 0.6) is 0 Å². The Hall–Kier alpha value is -3.31. The minimum Gasteiger partial charge on any atom is -0.459 e. The highest BCUT2D eigenvalue weighted by Gasteiger charge is 2.22. The van der Waals surface area contributed by atoms with Gasteiger partial charge in [0.2, 0.25) is 5.91 Å². The van der Waals surface area contributed by atoms with Crippen LogP contribution in [0.3, 0.4) is 0 Å². The van der Waals surface area contributed by atoms with Crippen LogP contribution in [0, 0.1) is 11.3 Å². The molecule has 1 amide bonds. The number of carbonyl (C=O) groups is 1. The van der Waals surface area contributed by atoms with Gasteiger partial charge < -0.3 is 14.2 Å². The standard InChI is InChI=1S/C16H11ClN4O4/c1-9(14(22)19-11-5-4-10(8-18)12(17)7-11)21-16(23)25-15(20-21)13-3-2-6-24-13/h2-7,9H,1H3,(H,19,22)/t9-/m0/s1. The highest BCUT2D eigenvalue weighted by molar-refractivity contribution is 6.32. The maximum Gasteiger partial charge on any atom is 0.438 e. The van der Waals surface area contributed by atoms with Crippen molar-refractivity contribution >= 4 is 23.2 Å². The van der Waals surface area contributed by atoms with Crippen molar-refractivity contribution in [3.8, 4) is 17.7 Å². The Morgan fingerprint density at radius 1 is 1.44 bits per heavy atom. The Labute approximate surface area is 146 Å². The van der Waals surface area contributed by atoms with Crippen LogP contribution in [0.1, 0.15) is 18.5 Å². The summed E-state index contributed by atoms with van der Waals surface area (Å²) in [4.78, 5) is 24.3. The van der Waals surface area contributed by atoms with Gasteiger partial charge in [0.1, 0.15) is 12.1 Å². The highest BCUT2D eigenvalue weighted by Crippen LogP contribution is 2.21. The summed E-state index contributed by atoms with van der Waals surface area (Å²) < 4.78 is 11.0. The second-order valence-electron chi connectivity index (χ2n) is 5.07. The maximum absolute atomic E-state index is 12.3. The maximum atomic E-state index is 12.3. The summed E-state index contributed by atoms with van der Waals surface area (Å²) in [5.41, 5.74) is 0.687. The molecule has 0 aliphatic rings. The van der Waals surface area contributed by atoms with Gasteiger partial charge in [0, 0.05) is 5.69 Å². The molecule has 8 nitrogen and oxygen atoms in total. The Kier molecular flexibility index (Phi) is 4.41. The molecule has 9 heteroatoms. The number of benzene rings is 1. The zero-order chi connectivity index (χ0) is 18.0. The zero-order valence-electron chi connectivity index (χ0n) is 12.9. The van der Waals surface area contributed by atoms with Crippen molar-refractivity contribution in [3.05, 3.63) is 57.7 Å². The number of nitrogens with zero attached hydrogens (tertiary/aromatic N) is 3. The van der Waals surface area contributed by atoms with Crippen LogP contribution in [-0.4, -0.2) is 15.7 Å². The first-order valence-corrected chi connectivity index (χ1v) is 7.51. The van der Waals surface area contributed by atoms with E-state index in [0.717, 1.165) is 4.68 Å². The average molecular weight is 359 g/mol. The van der Waals surface area contributed by atoms with E-state index in [1.807, 2.05) is 6.07 Å². The summed E-state index contributed by atoms with van der Waals surface area (Å²) >= 11 is 5.93. The molecule has 2 heterocycles. The molecule has 1 atom stereocenters. The first-order chi connectivity index (χ1) is 12.0. The van der Waals surface area contributed by atoms with Crippen LogP contribution < -0.4 is 11.1 Å². The van der Waals surface area contributed by atoms with Crippen molar-refractivity contribution in [2.45, 2.75) is 13.0 Å². The Morgan fingerprint density at radius 3 is 2.88 bits per heavy atom. The van der Waals surface area contributed by atoms with E-state index in [-0.39, 0.29) is 16.7 Å². The van der Waals surface area contributed by atoms with Gasteiger partial charge in [-0.05, 0) is 37.3 Å². The molecule has 0 saturated carbocycles. The zero-order valence-corrected chi connectivity index (χ0v) is 13.6. The molecule has 0 fully saturated rings. The smallest absolute Gasteiger partial charge is 0.438 e. The van der Waals surface area contributed by atoms with Crippen molar-refractivity contribution in [3.63, 3.8) is 0 Å². The van der Waals surface area contributed by atoms with Crippen molar-refractivity contribution < 1.29 is 13.6 Å².